The number of amides is 1. The minimum atomic E-state index is 0.00303. The molecule has 1 N–H and O–H groups in total. The van der Waals surface area contributed by atoms with Crippen molar-refractivity contribution in [2.45, 2.75) is 31.8 Å². The van der Waals surface area contributed by atoms with Crippen LogP contribution in [-0.4, -0.2) is 35.1 Å². The third-order valence-electron chi connectivity index (χ3n) is 5.19. The van der Waals surface area contributed by atoms with E-state index in [0.717, 1.165) is 30.5 Å². The summed E-state index contributed by atoms with van der Waals surface area (Å²) >= 11 is 0. The Bertz CT molecular complexity index is 890. The van der Waals surface area contributed by atoms with E-state index in [4.69, 9.17) is 4.52 Å². The molecule has 0 spiro atoms. The van der Waals surface area contributed by atoms with Crippen LogP contribution in [0.4, 0.5) is 0 Å². The van der Waals surface area contributed by atoms with E-state index in [-0.39, 0.29) is 18.4 Å². The third-order valence-corrected chi connectivity index (χ3v) is 5.19. The van der Waals surface area contributed by atoms with E-state index in [1.54, 1.807) is 0 Å². The fraction of sp³-hybridized carbons (Fsp3) is 0.333. The maximum absolute atomic E-state index is 12.4. The first-order valence-electron chi connectivity index (χ1n) is 9.12. The number of para-hydroxylation sites is 1. The Morgan fingerprint density at radius 3 is 2.85 bits per heavy atom. The van der Waals surface area contributed by atoms with Crippen molar-refractivity contribution in [2.75, 3.05) is 13.1 Å². The number of carbonyl (C=O) groups excluding carboxylic acids is 1. The van der Waals surface area contributed by atoms with Gasteiger partial charge in [0, 0.05) is 30.6 Å². The molecule has 0 bridgehead atoms. The van der Waals surface area contributed by atoms with Gasteiger partial charge in [-0.15, -0.1) is 0 Å². The fourth-order valence-electron chi connectivity index (χ4n) is 3.70. The van der Waals surface area contributed by atoms with Crippen LogP contribution in [0.1, 0.15) is 30.6 Å². The number of aromatic nitrogens is 1. The highest BCUT2D eigenvalue weighted by molar-refractivity contribution is 5.86. The van der Waals surface area contributed by atoms with Crippen LogP contribution in [0.5, 0.6) is 0 Å². The van der Waals surface area contributed by atoms with Crippen molar-refractivity contribution in [3.63, 3.8) is 0 Å². The average molecular weight is 349 g/mol. The number of rotatable bonds is 5. The standard InChI is InChI=1S/C21H23N3O2/c1-15(16-7-3-2-4-8-16)24-12-11-17(14-24)22-21(25)13-19-18-9-5-6-10-20(18)26-23-19/h2-10,15,17H,11-14H2,1H3,(H,22,25)/t15-,17+/m1/s1. The molecule has 2 aromatic carbocycles. The zero-order valence-electron chi connectivity index (χ0n) is 14.9. The van der Waals surface area contributed by atoms with Crippen LogP contribution < -0.4 is 5.32 Å². The first-order chi connectivity index (χ1) is 12.7. The van der Waals surface area contributed by atoms with Crippen LogP contribution in [-0.2, 0) is 11.2 Å². The quantitative estimate of drug-likeness (QED) is 0.768. The largest absolute Gasteiger partial charge is 0.356 e. The Hall–Kier alpha value is -2.66. The van der Waals surface area contributed by atoms with Crippen LogP contribution >= 0.6 is 0 Å². The molecular weight excluding hydrogens is 326 g/mol. The Balaban J connectivity index is 1.34. The lowest BCUT2D eigenvalue weighted by molar-refractivity contribution is -0.121. The second-order valence-electron chi connectivity index (χ2n) is 6.94. The highest BCUT2D eigenvalue weighted by atomic mass is 16.5. The van der Waals surface area contributed by atoms with E-state index in [2.05, 4.69) is 46.6 Å². The Kier molecular flexibility index (Phi) is 4.71. The van der Waals surface area contributed by atoms with Crippen molar-refractivity contribution in [3.8, 4) is 0 Å². The number of benzene rings is 2. The van der Waals surface area contributed by atoms with Gasteiger partial charge in [0.15, 0.2) is 5.58 Å². The summed E-state index contributed by atoms with van der Waals surface area (Å²) in [5, 5.41) is 8.11. The zero-order valence-corrected chi connectivity index (χ0v) is 14.9. The highest BCUT2D eigenvalue weighted by Gasteiger charge is 2.28. The third kappa shape index (κ3) is 3.48. The fourth-order valence-corrected chi connectivity index (χ4v) is 3.70. The zero-order chi connectivity index (χ0) is 17.9. The van der Waals surface area contributed by atoms with Gasteiger partial charge in [0.05, 0.1) is 6.42 Å². The minimum Gasteiger partial charge on any atom is -0.356 e. The molecule has 1 amide bonds. The first kappa shape index (κ1) is 16.8. The summed E-state index contributed by atoms with van der Waals surface area (Å²) in [6.45, 7) is 4.09. The van der Waals surface area contributed by atoms with Gasteiger partial charge in [0.2, 0.25) is 5.91 Å². The van der Waals surface area contributed by atoms with Gasteiger partial charge in [-0.2, -0.15) is 0 Å². The summed E-state index contributed by atoms with van der Waals surface area (Å²) in [5.41, 5.74) is 2.73. The van der Waals surface area contributed by atoms with Gasteiger partial charge in [-0.25, -0.2) is 0 Å². The number of likely N-dealkylation sites (tertiary alicyclic amines) is 1. The minimum absolute atomic E-state index is 0.00303. The van der Waals surface area contributed by atoms with Crippen LogP contribution in [0.15, 0.2) is 59.1 Å². The molecule has 1 aliphatic rings. The van der Waals surface area contributed by atoms with Crippen molar-refractivity contribution in [1.82, 2.24) is 15.4 Å². The van der Waals surface area contributed by atoms with Crippen molar-refractivity contribution in [1.29, 1.82) is 0 Å². The highest BCUT2D eigenvalue weighted by Crippen LogP contribution is 2.24. The average Bonchev–Trinajstić information content (AvgIpc) is 3.29. The molecule has 0 unspecified atom stereocenters. The van der Waals surface area contributed by atoms with Gasteiger partial charge < -0.3 is 9.84 Å². The Labute approximate surface area is 153 Å². The van der Waals surface area contributed by atoms with E-state index >= 15 is 0 Å². The molecule has 4 rings (SSSR count). The van der Waals surface area contributed by atoms with Gasteiger partial charge >= 0.3 is 0 Å². The Morgan fingerprint density at radius 1 is 1.23 bits per heavy atom. The summed E-state index contributed by atoms with van der Waals surface area (Å²) in [4.78, 5) is 14.9. The van der Waals surface area contributed by atoms with E-state index in [0.29, 0.717) is 11.7 Å². The SMILES string of the molecule is C[C@H](c1ccccc1)N1CC[C@H](NC(=O)Cc2noc3ccccc23)C1. The Morgan fingerprint density at radius 2 is 2.00 bits per heavy atom. The summed E-state index contributed by atoms with van der Waals surface area (Å²) in [6, 6.07) is 18.7. The van der Waals surface area contributed by atoms with Crippen molar-refractivity contribution in [2.24, 2.45) is 0 Å². The number of hydrogen-bond donors (Lipinski definition) is 1. The number of hydrogen-bond acceptors (Lipinski definition) is 4. The molecule has 5 heteroatoms. The monoisotopic (exact) mass is 349 g/mol. The molecule has 26 heavy (non-hydrogen) atoms. The summed E-state index contributed by atoms with van der Waals surface area (Å²) in [6.07, 6.45) is 1.23. The first-order valence-corrected chi connectivity index (χ1v) is 9.12. The van der Waals surface area contributed by atoms with Gasteiger partial charge in [-0.3, -0.25) is 9.69 Å². The molecule has 1 saturated heterocycles. The molecule has 2 atom stereocenters. The van der Waals surface area contributed by atoms with Crippen molar-refractivity contribution >= 4 is 16.9 Å². The summed E-state index contributed by atoms with van der Waals surface area (Å²) in [5.74, 6) is 0.00303. The van der Waals surface area contributed by atoms with E-state index < -0.39 is 0 Å². The molecular formula is C21H23N3O2. The summed E-state index contributed by atoms with van der Waals surface area (Å²) < 4.78 is 5.28. The molecule has 0 aliphatic carbocycles. The lowest BCUT2D eigenvalue weighted by Gasteiger charge is -2.24. The molecule has 0 saturated carbocycles. The number of nitrogens with one attached hydrogen (secondary N) is 1. The molecule has 1 fully saturated rings. The van der Waals surface area contributed by atoms with Crippen molar-refractivity contribution in [3.05, 3.63) is 65.9 Å². The van der Waals surface area contributed by atoms with Gasteiger partial charge in [-0.05, 0) is 31.0 Å². The molecule has 0 radical (unpaired) electrons. The number of nitrogens with zero attached hydrogens (tertiary/aromatic N) is 2. The molecule has 3 aromatic rings. The molecule has 1 aliphatic heterocycles. The van der Waals surface area contributed by atoms with Crippen LogP contribution in [0, 0.1) is 0 Å². The van der Waals surface area contributed by atoms with E-state index in [1.807, 2.05) is 30.3 Å². The van der Waals surface area contributed by atoms with Gasteiger partial charge in [0.1, 0.15) is 5.69 Å². The second kappa shape index (κ2) is 7.30. The molecule has 5 nitrogen and oxygen atoms in total. The molecule has 1 aromatic heterocycles. The topological polar surface area (TPSA) is 58.4 Å². The van der Waals surface area contributed by atoms with E-state index in [9.17, 15) is 4.79 Å². The number of fused-ring (bicyclic) bond motifs is 1. The normalized spacial score (nSPS) is 18.9. The lowest BCUT2D eigenvalue weighted by Crippen LogP contribution is -2.38. The predicted octanol–water partition coefficient (Wildman–Crippen LogP) is 3.32. The predicted molar refractivity (Wildman–Crippen MR) is 101 cm³/mol. The number of carbonyl (C=O) groups is 1. The molecule has 2 heterocycles. The maximum atomic E-state index is 12.4. The van der Waals surface area contributed by atoms with Crippen molar-refractivity contribution < 1.29 is 9.32 Å². The molecule has 134 valence electrons. The van der Waals surface area contributed by atoms with Crippen LogP contribution in [0.3, 0.4) is 0 Å². The van der Waals surface area contributed by atoms with Crippen LogP contribution in [0.2, 0.25) is 0 Å². The second-order valence-corrected chi connectivity index (χ2v) is 6.94. The van der Waals surface area contributed by atoms with Gasteiger partial charge in [0.25, 0.3) is 0 Å². The van der Waals surface area contributed by atoms with Gasteiger partial charge in [-0.1, -0.05) is 47.6 Å². The smallest absolute Gasteiger partial charge is 0.226 e. The van der Waals surface area contributed by atoms with E-state index in [1.165, 1.54) is 5.56 Å². The van der Waals surface area contributed by atoms with Crippen LogP contribution in [0.25, 0.3) is 11.0 Å². The lowest BCUT2D eigenvalue weighted by atomic mass is 10.1. The summed E-state index contributed by atoms with van der Waals surface area (Å²) in [7, 11) is 0. The maximum Gasteiger partial charge on any atom is 0.226 e.